The summed E-state index contributed by atoms with van der Waals surface area (Å²) < 4.78 is 16.1. The lowest BCUT2D eigenvalue weighted by Gasteiger charge is -2.49. The monoisotopic (exact) mass is 549 g/mol. The van der Waals surface area contributed by atoms with Gasteiger partial charge in [0.05, 0.1) is 7.11 Å². The Labute approximate surface area is 231 Å². The molecule has 0 unspecified atom stereocenters. The van der Waals surface area contributed by atoms with E-state index in [1.54, 1.807) is 76.7 Å². The summed E-state index contributed by atoms with van der Waals surface area (Å²) in [6.07, 6.45) is 10.1. The van der Waals surface area contributed by atoms with Crippen LogP contribution in [0.2, 0.25) is 0 Å². The van der Waals surface area contributed by atoms with Gasteiger partial charge in [0.2, 0.25) is 0 Å². The summed E-state index contributed by atoms with van der Waals surface area (Å²) >= 11 is 1.46. The molecule has 2 aliphatic heterocycles. The number of ether oxygens (including phenoxy) is 3. The number of hydrogen-bond acceptors (Lipinski definition) is 8. The van der Waals surface area contributed by atoms with Gasteiger partial charge in [0.15, 0.2) is 0 Å². The fourth-order valence-corrected chi connectivity index (χ4v) is 5.27. The summed E-state index contributed by atoms with van der Waals surface area (Å²) in [5, 5.41) is 2.19. The van der Waals surface area contributed by atoms with Gasteiger partial charge in [-0.05, 0) is 55.7 Å². The van der Waals surface area contributed by atoms with Crippen LogP contribution in [0.25, 0.3) is 6.08 Å². The number of allylic oxidation sites excluding steroid dienone is 3. The van der Waals surface area contributed by atoms with E-state index in [1.807, 2.05) is 24.3 Å². The van der Waals surface area contributed by atoms with Gasteiger partial charge in [0.25, 0.3) is 5.91 Å². The Morgan fingerprint density at radius 1 is 1.15 bits per heavy atom. The summed E-state index contributed by atoms with van der Waals surface area (Å²) in [7, 11) is 1.58. The van der Waals surface area contributed by atoms with Crippen molar-refractivity contribution < 1.29 is 28.6 Å². The fraction of sp³-hybridized carbons (Fsp3) is 0.310. The highest BCUT2D eigenvalue weighted by atomic mass is 32.2. The van der Waals surface area contributed by atoms with Crippen LogP contribution < -0.4 is 10.1 Å². The minimum Gasteiger partial charge on any atom is -0.497 e. The lowest BCUT2D eigenvalue weighted by Crippen LogP contribution is -2.70. The number of benzene rings is 1. The SMILES string of the molecule is COc1ccc(COC(=O)C2=C(/C=C/C=C/c3cccnc3)CS[C@@H]3[C@H](NC(=O)OC(C)(C)C)C(=O)N23)cc1. The number of thioether (sulfide) groups is 1. The predicted molar refractivity (Wildman–Crippen MR) is 148 cm³/mol. The normalized spacial score (nSPS) is 19.1. The number of fused-ring (bicyclic) bond motifs is 1. The van der Waals surface area contributed by atoms with E-state index in [9.17, 15) is 14.4 Å². The number of rotatable bonds is 8. The molecule has 39 heavy (non-hydrogen) atoms. The number of carbonyl (C=O) groups is 3. The third-order valence-electron chi connectivity index (χ3n) is 5.77. The second-order valence-corrected chi connectivity index (χ2v) is 10.9. The molecule has 1 fully saturated rings. The zero-order valence-electron chi connectivity index (χ0n) is 22.2. The molecule has 0 aliphatic carbocycles. The third-order valence-corrected chi connectivity index (χ3v) is 7.08. The molecule has 1 aromatic carbocycles. The maximum Gasteiger partial charge on any atom is 0.408 e. The summed E-state index contributed by atoms with van der Waals surface area (Å²) in [6, 6.07) is 10.1. The van der Waals surface area contributed by atoms with Crippen LogP contribution in [0.1, 0.15) is 31.9 Å². The highest BCUT2D eigenvalue weighted by Gasteiger charge is 2.54. The van der Waals surface area contributed by atoms with Gasteiger partial charge in [0.1, 0.15) is 35.1 Å². The van der Waals surface area contributed by atoms with E-state index >= 15 is 0 Å². The highest BCUT2D eigenvalue weighted by Crippen LogP contribution is 2.41. The predicted octanol–water partition coefficient (Wildman–Crippen LogP) is 4.47. The van der Waals surface area contributed by atoms with Gasteiger partial charge in [-0.25, -0.2) is 9.59 Å². The summed E-state index contributed by atoms with van der Waals surface area (Å²) in [4.78, 5) is 44.3. The molecular weight excluding hydrogens is 518 g/mol. The van der Waals surface area contributed by atoms with E-state index < -0.39 is 35.0 Å². The smallest absolute Gasteiger partial charge is 0.408 e. The van der Waals surface area contributed by atoms with Crippen LogP contribution >= 0.6 is 11.8 Å². The van der Waals surface area contributed by atoms with E-state index in [0.29, 0.717) is 17.1 Å². The Morgan fingerprint density at radius 2 is 1.90 bits per heavy atom. The van der Waals surface area contributed by atoms with Crippen LogP contribution in [0, 0.1) is 0 Å². The molecule has 2 atom stereocenters. The van der Waals surface area contributed by atoms with Gasteiger partial charge >= 0.3 is 12.1 Å². The second-order valence-electron chi connectivity index (χ2n) is 9.84. The van der Waals surface area contributed by atoms with Crippen LogP contribution in [0.4, 0.5) is 4.79 Å². The summed E-state index contributed by atoms with van der Waals surface area (Å²) in [6.45, 7) is 5.28. The molecule has 0 radical (unpaired) electrons. The van der Waals surface area contributed by atoms with Crippen molar-refractivity contribution in [3.05, 3.63) is 89.4 Å². The number of methoxy groups -OCH3 is 1. The van der Waals surface area contributed by atoms with E-state index in [1.165, 1.54) is 16.7 Å². The zero-order valence-corrected chi connectivity index (χ0v) is 23.1. The van der Waals surface area contributed by atoms with Gasteiger partial charge < -0.3 is 19.5 Å². The average Bonchev–Trinajstić information content (AvgIpc) is 2.92. The lowest BCUT2D eigenvalue weighted by atomic mass is 10.0. The van der Waals surface area contributed by atoms with Crippen molar-refractivity contribution in [3.63, 3.8) is 0 Å². The molecule has 3 heterocycles. The molecule has 1 saturated heterocycles. The second kappa shape index (κ2) is 12.2. The first-order valence-electron chi connectivity index (χ1n) is 12.4. The molecule has 2 aromatic rings. The highest BCUT2D eigenvalue weighted by molar-refractivity contribution is 8.00. The Morgan fingerprint density at radius 3 is 2.56 bits per heavy atom. The first-order valence-corrected chi connectivity index (χ1v) is 13.4. The zero-order chi connectivity index (χ0) is 28.0. The van der Waals surface area contributed by atoms with Crippen LogP contribution in [0.5, 0.6) is 5.75 Å². The maximum absolute atomic E-state index is 13.3. The average molecular weight is 550 g/mol. The number of nitrogens with zero attached hydrogens (tertiary/aromatic N) is 2. The van der Waals surface area contributed by atoms with Gasteiger partial charge in [-0.2, -0.15) is 0 Å². The minimum absolute atomic E-state index is 0.0314. The molecule has 1 aromatic heterocycles. The number of aromatic nitrogens is 1. The first kappa shape index (κ1) is 28.0. The Hall–Kier alpha value is -4.05. The number of hydrogen-bond donors (Lipinski definition) is 1. The lowest BCUT2D eigenvalue weighted by molar-refractivity contribution is -0.152. The summed E-state index contributed by atoms with van der Waals surface area (Å²) in [5.74, 6) is 0.134. The number of pyridine rings is 1. The molecule has 4 rings (SSSR count). The molecule has 9 nitrogen and oxygen atoms in total. The van der Waals surface area contributed by atoms with Crippen LogP contribution in [-0.2, 0) is 25.7 Å². The molecule has 2 aliphatic rings. The van der Waals surface area contributed by atoms with Crippen molar-refractivity contribution >= 4 is 35.8 Å². The van der Waals surface area contributed by atoms with Crippen molar-refractivity contribution in [1.82, 2.24) is 15.2 Å². The molecule has 2 amide bonds. The first-order chi connectivity index (χ1) is 18.7. The number of esters is 1. The van der Waals surface area contributed by atoms with E-state index in [4.69, 9.17) is 14.2 Å². The van der Waals surface area contributed by atoms with Crippen LogP contribution in [0.3, 0.4) is 0 Å². The van der Waals surface area contributed by atoms with Gasteiger partial charge in [-0.3, -0.25) is 14.7 Å². The molecule has 1 N–H and O–H groups in total. The molecule has 10 heteroatoms. The van der Waals surface area contributed by atoms with Crippen molar-refractivity contribution in [1.29, 1.82) is 0 Å². The Balaban J connectivity index is 1.53. The minimum atomic E-state index is -0.801. The molecule has 0 saturated carbocycles. The number of carbonyl (C=O) groups excluding carboxylic acids is 3. The Bertz CT molecular complexity index is 1300. The van der Waals surface area contributed by atoms with Gasteiger partial charge in [0, 0.05) is 18.1 Å². The fourth-order valence-electron chi connectivity index (χ4n) is 3.95. The van der Waals surface area contributed by atoms with E-state index in [-0.39, 0.29) is 12.3 Å². The number of β-lactam (4-membered cyclic amide) rings is 1. The van der Waals surface area contributed by atoms with Gasteiger partial charge in [-0.15, -0.1) is 11.8 Å². The number of amides is 2. The van der Waals surface area contributed by atoms with Crippen LogP contribution in [-0.4, -0.2) is 57.7 Å². The van der Waals surface area contributed by atoms with E-state index in [0.717, 1.165) is 11.1 Å². The van der Waals surface area contributed by atoms with Crippen molar-refractivity contribution in [2.75, 3.05) is 12.9 Å². The standard InChI is InChI=1S/C29H31N3O6S/c1-29(2,3)38-28(35)31-23-25(33)32-24(27(34)37-17-20-11-13-22(36-4)14-12-20)21(18-39-26(23)32)10-6-5-8-19-9-7-15-30-16-19/h5-16,23,26H,17-18H2,1-4H3,(H,31,35)/b8-5+,10-6+/t23-,26-/m1/s1. The molecule has 0 spiro atoms. The summed E-state index contributed by atoms with van der Waals surface area (Å²) in [5.41, 5.74) is 1.83. The molecule has 204 valence electrons. The van der Waals surface area contributed by atoms with Crippen molar-refractivity contribution in [2.45, 2.75) is 44.4 Å². The van der Waals surface area contributed by atoms with Crippen LogP contribution in [0.15, 0.2) is 78.3 Å². The van der Waals surface area contributed by atoms with Crippen molar-refractivity contribution in [2.24, 2.45) is 0 Å². The quantitative estimate of drug-likeness (QED) is 0.292. The van der Waals surface area contributed by atoms with E-state index in [2.05, 4.69) is 10.3 Å². The molecule has 0 bridgehead atoms. The largest absolute Gasteiger partial charge is 0.497 e. The molecular formula is C29H31N3O6S. The topological polar surface area (TPSA) is 107 Å². The maximum atomic E-state index is 13.3. The third kappa shape index (κ3) is 7.08. The van der Waals surface area contributed by atoms with Crippen molar-refractivity contribution in [3.8, 4) is 5.75 Å². The number of alkyl carbamates (subject to hydrolysis) is 1. The Kier molecular flexibility index (Phi) is 8.75. The number of nitrogens with one attached hydrogen (secondary N) is 1. The van der Waals surface area contributed by atoms with Gasteiger partial charge in [-0.1, -0.05) is 42.5 Å².